The summed E-state index contributed by atoms with van der Waals surface area (Å²) in [7, 11) is 0. The lowest BCUT2D eigenvalue weighted by molar-refractivity contribution is -0.167. The van der Waals surface area contributed by atoms with E-state index in [0.717, 1.165) is 69.6 Å². The van der Waals surface area contributed by atoms with Crippen LogP contribution >= 0.6 is 0 Å². The molecule has 0 aliphatic carbocycles. The van der Waals surface area contributed by atoms with Crippen molar-refractivity contribution in [3.8, 4) is 0 Å². The summed E-state index contributed by atoms with van der Waals surface area (Å²) >= 11 is 0. The van der Waals surface area contributed by atoms with E-state index >= 15 is 0 Å². The zero-order chi connectivity index (χ0) is 41.2. The van der Waals surface area contributed by atoms with Crippen LogP contribution < -0.4 is 0 Å². The van der Waals surface area contributed by atoms with E-state index in [1.807, 2.05) is 0 Å². The minimum atomic E-state index is -0.759. The molecule has 0 saturated heterocycles. The van der Waals surface area contributed by atoms with Crippen LogP contribution in [0.5, 0.6) is 0 Å². The summed E-state index contributed by atoms with van der Waals surface area (Å²) in [6, 6.07) is 0. The molecular weight excluding hydrogens is 697 g/mol. The maximum absolute atomic E-state index is 12.6. The van der Waals surface area contributed by atoms with Gasteiger partial charge in [-0.3, -0.25) is 14.4 Å². The van der Waals surface area contributed by atoms with Gasteiger partial charge in [0.25, 0.3) is 0 Å². The van der Waals surface area contributed by atoms with Gasteiger partial charge in [0, 0.05) is 19.3 Å². The first-order chi connectivity index (χ1) is 27.2. The smallest absolute Gasteiger partial charge is 0.306 e. The fourth-order valence-electron chi connectivity index (χ4n) is 7.46. The van der Waals surface area contributed by atoms with Crippen LogP contribution in [-0.4, -0.2) is 37.2 Å². The summed E-state index contributed by atoms with van der Waals surface area (Å²) in [6.45, 7) is 11.3. The second-order valence-electron chi connectivity index (χ2n) is 18.1. The summed E-state index contributed by atoms with van der Waals surface area (Å²) in [5.41, 5.74) is 0. The quantitative estimate of drug-likeness (QED) is 0.0347. The normalized spacial score (nSPS) is 12.1. The SMILES string of the molecule is CCCCCCCCCC(=O)O[C@H](COC(=O)CCCCCCCCCCCCCCCCCC(C)C)COC(=O)CCCCCCCCCCCCC(C)C. The molecule has 0 aliphatic heterocycles. The molecule has 1 atom stereocenters. The van der Waals surface area contributed by atoms with Gasteiger partial charge in [-0.05, 0) is 31.1 Å². The maximum atomic E-state index is 12.6. The first kappa shape index (κ1) is 54.4. The topological polar surface area (TPSA) is 78.9 Å². The number of unbranched alkanes of at least 4 members (excludes halogenated alkanes) is 29. The predicted octanol–water partition coefficient (Wildman–Crippen LogP) is 15.8. The van der Waals surface area contributed by atoms with E-state index in [2.05, 4.69) is 34.6 Å². The summed E-state index contributed by atoms with van der Waals surface area (Å²) in [6.07, 6.45) is 42.5. The zero-order valence-electron chi connectivity index (χ0n) is 38.3. The molecule has 0 unspecified atom stereocenters. The standard InChI is InChI=1S/C50H96O6/c1-6-7-8-9-23-32-37-42-50(53)56-47(44-55-49(52)41-36-31-27-22-18-17-20-25-29-34-39-46(4)5)43-54-48(51)40-35-30-26-21-16-14-12-10-11-13-15-19-24-28-33-38-45(2)3/h45-47H,6-44H2,1-5H3/t47-/m1/s1. The molecule has 0 fully saturated rings. The Morgan fingerprint density at radius 1 is 0.339 bits per heavy atom. The van der Waals surface area contributed by atoms with Crippen LogP contribution in [0.4, 0.5) is 0 Å². The molecule has 56 heavy (non-hydrogen) atoms. The highest BCUT2D eigenvalue weighted by molar-refractivity contribution is 5.71. The molecule has 0 aromatic heterocycles. The number of hydrogen-bond acceptors (Lipinski definition) is 6. The largest absolute Gasteiger partial charge is 0.462 e. The van der Waals surface area contributed by atoms with Gasteiger partial charge in [-0.1, -0.05) is 234 Å². The van der Waals surface area contributed by atoms with Gasteiger partial charge < -0.3 is 14.2 Å². The molecule has 0 spiro atoms. The van der Waals surface area contributed by atoms with Crippen molar-refractivity contribution in [3.63, 3.8) is 0 Å². The Labute approximate surface area is 348 Å². The van der Waals surface area contributed by atoms with Gasteiger partial charge in [-0.25, -0.2) is 0 Å². The molecule has 6 heteroatoms. The van der Waals surface area contributed by atoms with E-state index < -0.39 is 6.10 Å². The lowest BCUT2D eigenvalue weighted by atomic mass is 10.0. The van der Waals surface area contributed by atoms with Crippen molar-refractivity contribution in [2.75, 3.05) is 13.2 Å². The Hall–Kier alpha value is -1.59. The molecule has 6 nitrogen and oxygen atoms in total. The molecule has 0 bridgehead atoms. The van der Waals surface area contributed by atoms with Crippen molar-refractivity contribution < 1.29 is 28.6 Å². The van der Waals surface area contributed by atoms with Crippen molar-refractivity contribution in [3.05, 3.63) is 0 Å². The maximum Gasteiger partial charge on any atom is 0.306 e. The molecular formula is C50H96O6. The van der Waals surface area contributed by atoms with E-state index in [-0.39, 0.29) is 31.1 Å². The molecule has 0 amide bonds. The Morgan fingerprint density at radius 2 is 0.589 bits per heavy atom. The fraction of sp³-hybridized carbons (Fsp3) is 0.940. The molecule has 0 aromatic carbocycles. The summed E-state index contributed by atoms with van der Waals surface area (Å²) < 4.78 is 16.7. The minimum absolute atomic E-state index is 0.0646. The van der Waals surface area contributed by atoms with E-state index in [1.54, 1.807) is 0 Å². The molecule has 332 valence electrons. The van der Waals surface area contributed by atoms with E-state index in [0.29, 0.717) is 19.3 Å². The first-order valence-corrected chi connectivity index (χ1v) is 24.7. The predicted molar refractivity (Wildman–Crippen MR) is 238 cm³/mol. The average Bonchev–Trinajstić information content (AvgIpc) is 3.16. The third-order valence-corrected chi connectivity index (χ3v) is 11.2. The first-order valence-electron chi connectivity index (χ1n) is 24.7. The molecule has 0 aliphatic rings. The Morgan fingerprint density at radius 3 is 0.875 bits per heavy atom. The van der Waals surface area contributed by atoms with E-state index in [9.17, 15) is 14.4 Å². The van der Waals surface area contributed by atoms with Crippen molar-refractivity contribution in [2.45, 2.75) is 278 Å². The van der Waals surface area contributed by atoms with Crippen LogP contribution in [0.25, 0.3) is 0 Å². The van der Waals surface area contributed by atoms with Crippen LogP contribution in [0.2, 0.25) is 0 Å². The summed E-state index contributed by atoms with van der Waals surface area (Å²) in [5.74, 6) is 0.809. The van der Waals surface area contributed by atoms with Gasteiger partial charge in [-0.15, -0.1) is 0 Å². The van der Waals surface area contributed by atoms with Gasteiger partial charge in [0.1, 0.15) is 13.2 Å². The number of carbonyl (C=O) groups excluding carboxylic acids is 3. The molecule has 0 rings (SSSR count). The van der Waals surface area contributed by atoms with Gasteiger partial charge in [0.15, 0.2) is 6.10 Å². The molecule has 0 heterocycles. The van der Waals surface area contributed by atoms with Gasteiger partial charge in [0.2, 0.25) is 0 Å². The number of esters is 3. The lowest BCUT2D eigenvalue weighted by Crippen LogP contribution is -2.30. The van der Waals surface area contributed by atoms with E-state index in [4.69, 9.17) is 14.2 Å². The second kappa shape index (κ2) is 43.0. The third kappa shape index (κ3) is 43.5. The van der Waals surface area contributed by atoms with Gasteiger partial charge >= 0.3 is 17.9 Å². The third-order valence-electron chi connectivity index (χ3n) is 11.2. The highest BCUT2D eigenvalue weighted by atomic mass is 16.6. The Bertz CT molecular complexity index is 854. The molecule has 0 radical (unpaired) electrons. The lowest BCUT2D eigenvalue weighted by Gasteiger charge is -2.18. The van der Waals surface area contributed by atoms with Crippen molar-refractivity contribution in [2.24, 2.45) is 11.8 Å². The molecule has 0 aromatic rings. The highest BCUT2D eigenvalue weighted by Crippen LogP contribution is 2.17. The van der Waals surface area contributed by atoms with Crippen LogP contribution in [0.15, 0.2) is 0 Å². The monoisotopic (exact) mass is 793 g/mol. The molecule has 0 N–H and O–H groups in total. The average molecular weight is 793 g/mol. The van der Waals surface area contributed by atoms with Crippen LogP contribution in [0.1, 0.15) is 272 Å². The number of rotatable bonds is 44. The zero-order valence-corrected chi connectivity index (χ0v) is 38.3. The second-order valence-corrected chi connectivity index (χ2v) is 18.1. The fourth-order valence-corrected chi connectivity index (χ4v) is 7.46. The molecule has 0 saturated carbocycles. The van der Waals surface area contributed by atoms with Crippen molar-refractivity contribution in [1.82, 2.24) is 0 Å². The van der Waals surface area contributed by atoms with Crippen LogP contribution in [-0.2, 0) is 28.6 Å². The summed E-state index contributed by atoms with van der Waals surface area (Å²) in [5, 5.41) is 0. The number of ether oxygens (including phenoxy) is 3. The van der Waals surface area contributed by atoms with E-state index in [1.165, 1.54) is 161 Å². The number of carbonyl (C=O) groups is 3. The van der Waals surface area contributed by atoms with Gasteiger partial charge in [-0.2, -0.15) is 0 Å². The van der Waals surface area contributed by atoms with Crippen LogP contribution in [0.3, 0.4) is 0 Å². The highest BCUT2D eigenvalue weighted by Gasteiger charge is 2.19. The van der Waals surface area contributed by atoms with Crippen LogP contribution in [0, 0.1) is 11.8 Å². The van der Waals surface area contributed by atoms with Crippen molar-refractivity contribution in [1.29, 1.82) is 0 Å². The summed E-state index contributed by atoms with van der Waals surface area (Å²) in [4.78, 5) is 37.7. The minimum Gasteiger partial charge on any atom is -0.462 e. The Balaban J connectivity index is 4.16. The number of hydrogen-bond donors (Lipinski definition) is 0. The Kier molecular flexibility index (Phi) is 41.8. The van der Waals surface area contributed by atoms with Crippen molar-refractivity contribution >= 4 is 17.9 Å². The van der Waals surface area contributed by atoms with Gasteiger partial charge in [0.05, 0.1) is 0 Å².